The molecule has 1 unspecified atom stereocenters. The number of nitrogens with one attached hydrogen (secondary N) is 2. The maximum Gasteiger partial charge on any atom is 0.407 e. The van der Waals surface area contributed by atoms with E-state index >= 15 is 0 Å². The number of ether oxygens (including phenoxy) is 3. The van der Waals surface area contributed by atoms with Gasteiger partial charge in [-0.15, -0.1) is 0 Å². The molecule has 0 saturated carbocycles. The summed E-state index contributed by atoms with van der Waals surface area (Å²) in [7, 11) is 1.43. The van der Waals surface area contributed by atoms with Crippen LogP contribution in [0.4, 0.5) is 4.79 Å². The molecular weight excluding hydrogens is 382 g/mol. The largest absolute Gasteiger partial charge is 0.473 e. The molecule has 29 heavy (non-hydrogen) atoms. The lowest BCUT2D eigenvalue weighted by atomic mass is 10.0. The third kappa shape index (κ3) is 9.62. The highest BCUT2D eigenvalue weighted by Gasteiger charge is 2.31. The Morgan fingerprint density at radius 2 is 1.97 bits per heavy atom. The SMILES string of the molecule is COC(C)(C)C(=O)N[C@@H](CCCNC(=O)OC(C)(C)C)C(O)COc1ccon1. The summed E-state index contributed by atoms with van der Waals surface area (Å²) >= 11 is 0. The van der Waals surface area contributed by atoms with Gasteiger partial charge in [0.1, 0.15) is 30.2 Å². The van der Waals surface area contributed by atoms with E-state index in [0.29, 0.717) is 19.4 Å². The Hall–Kier alpha value is -2.33. The normalized spacial score (nSPS) is 14.0. The van der Waals surface area contributed by atoms with Crippen LogP contribution in [0.15, 0.2) is 16.9 Å². The lowest BCUT2D eigenvalue weighted by Crippen LogP contribution is -2.53. The van der Waals surface area contributed by atoms with E-state index in [1.54, 1.807) is 34.6 Å². The van der Waals surface area contributed by atoms with Gasteiger partial charge in [-0.25, -0.2) is 4.79 Å². The minimum absolute atomic E-state index is 0.0929. The van der Waals surface area contributed by atoms with Crippen LogP contribution in [0.25, 0.3) is 0 Å². The summed E-state index contributed by atoms with van der Waals surface area (Å²) in [6.07, 6.45) is 0.714. The maximum atomic E-state index is 12.4. The fourth-order valence-electron chi connectivity index (χ4n) is 2.19. The maximum absolute atomic E-state index is 12.4. The first kappa shape index (κ1) is 24.7. The molecule has 1 aromatic heterocycles. The summed E-state index contributed by atoms with van der Waals surface area (Å²) in [5, 5.41) is 19.5. The van der Waals surface area contributed by atoms with Crippen LogP contribution >= 0.6 is 0 Å². The molecule has 166 valence electrons. The molecule has 1 aromatic rings. The van der Waals surface area contributed by atoms with Crippen molar-refractivity contribution in [1.29, 1.82) is 0 Å². The second-order valence-corrected chi connectivity index (χ2v) is 8.08. The zero-order valence-corrected chi connectivity index (χ0v) is 18.0. The number of hydrogen-bond acceptors (Lipinski definition) is 8. The molecule has 3 N–H and O–H groups in total. The summed E-state index contributed by atoms with van der Waals surface area (Å²) in [4.78, 5) is 24.2. The standard InChI is InChI=1S/C19H33N3O7/c1-18(2,3)29-17(25)20-10-7-8-13(21-16(24)19(4,5)26-6)14(23)12-27-15-9-11-28-22-15/h9,11,13-14,23H,7-8,10,12H2,1-6H3,(H,20,25)(H,21,24)/t13-,14?/m0/s1. The third-order valence-corrected chi connectivity index (χ3v) is 4.01. The number of carbonyl (C=O) groups excluding carboxylic acids is 2. The molecule has 1 heterocycles. The fraction of sp³-hybridized carbons (Fsp3) is 0.737. The zero-order valence-electron chi connectivity index (χ0n) is 18.0. The lowest BCUT2D eigenvalue weighted by Gasteiger charge is -2.29. The molecule has 10 heteroatoms. The number of methoxy groups -OCH3 is 1. The predicted molar refractivity (Wildman–Crippen MR) is 104 cm³/mol. The molecule has 2 atom stereocenters. The van der Waals surface area contributed by atoms with E-state index in [9.17, 15) is 14.7 Å². The van der Waals surface area contributed by atoms with Gasteiger partial charge >= 0.3 is 6.09 Å². The number of nitrogens with zero attached hydrogens (tertiary/aromatic N) is 1. The number of carbonyl (C=O) groups is 2. The molecule has 0 aliphatic rings. The van der Waals surface area contributed by atoms with Crippen LogP contribution in [0.1, 0.15) is 47.5 Å². The number of aliphatic hydroxyl groups excluding tert-OH is 1. The zero-order chi connectivity index (χ0) is 22.1. The summed E-state index contributed by atoms with van der Waals surface area (Å²) in [6.45, 7) is 8.82. The molecule has 0 bridgehead atoms. The van der Waals surface area contributed by atoms with Crippen LogP contribution in [0, 0.1) is 0 Å². The molecular formula is C19H33N3O7. The van der Waals surface area contributed by atoms with Crippen molar-refractivity contribution < 1.29 is 33.4 Å². The number of rotatable bonds is 11. The van der Waals surface area contributed by atoms with E-state index in [1.807, 2.05) is 0 Å². The molecule has 0 saturated heterocycles. The van der Waals surface area contributed by atoms with Gasteiger partial charge in [0.15, 0.2) is 0 Å². The molecule has 0 aromatic carbocycles. The van der Waals surface area contributed by atoms with Gasteiger partial charge in [0, 0.05) is 19.7 Å². The van der Waals surface area contributed by atoms with Crippen molar-refractivity contribution in [2.75, 3.05) is 20.3 Å². The highest BCUT2D eigenvalue weighted by atomic mass is 16.6. The average molecular weight is 415 g/mol. The minimum atomic E-state index is -1.06. The number of alkyl carbamates (subject to hydrolysis) is 1. The van der Waals surface area contributed by atoms with Gasteiger partial charge in [-0.1, -0.05) is 0 Å². The fourth-order valence-corrected chi connectivity index (χ4v) is 2.19. The molecule has 0 aliphatic carbocycles. The Bertz CT molecular complexity index is 626. The summed E-state index contributed by atoms with van der Waals surface area (Å²) in [5.74, 6) is -0.136. The van der Waals surface area contributed by atoms with E-state index in [1.165, 1.54) is 19.4 Å². The third-order valence-electron chi connectivity index (χ3n) is 4.01. The number of aliphatic hydroxyl groups is 1. The molecule has 0 radical (unpaired) electrons. The monoisotopic (exact) mass is 415 g/mol. The Balaban J connectivity index is 2.59. The quantitative estimate of drug-likeness (QED) is 0.465. The molecule has 0 aliphatic heterocycles. The molecule has 2 amide bonds. The summed E-state index contributed by atoms with van der Waals surface area (Å²) in [5.41, 5.74) is -1.64. The van der Waals surface area contributed by atoms with Crippen molar-refractivity contribution in [2.24, 2.45) is 0 Å². The van der Waals surface area contributed by atoms with E-state index in [2.05, 4.69) is 20.3 Å². The van der Waals surface area contributed by atoms with E-state index in [4.69, 9.17) is 14.2 Å². The first-order valence-electron chi connectivity index (χ1n) is 9.49. The Morgan fingerprint density at radius 1 is 1.28 bits per heavy atom. The first-order chi connectivity index (χ1) is 13.4. The van der Waals surface area contributed by atoms with E-state index in [0.717, 1.165) is 0 Å². The van der Waals surface area contributed by atoms with Crippen LogP contribution in [0.2, 0.25) is 0 Å². The van der Waals surface area contributed by atoms with Gasteiger partial charge in [0.25, 0.3) is 11.8 Å². The highest BCUT2D eigenvalue weighted by molar-refractivity contribution is 5.84. The topological polar surface area (TPSA) is 132 Å². The van der Waals surface area contributed by atoms with Crippen LogP contribution < -0.4 is 15.4 Å². The van der Waals surface area contributed by atoms with Crippen LogP contribution in [-0.4, -0.2) is 65.9 Å². The second-order valence-electron chi connectivity index (χ2n) is 8.08. The van der Waals surface area contributed by atoms with Gasteiger partial charge in [0.2, 0.25) is 0 Å². The number of hydrogen-bond donors (Lipinski definition) is 3. The Morgan fingerprint density at radius 3 is 2.52 bits per heavy atom. The van der Waals surface area contributed by atoms with Crippen molar-refractivity contribution in [3.63, 3.8) is 0 Å². The van der Waals surface area contributed by atoms with Crippen molar-refractivity contribution >= 4 is 12.0 Å². The smallest absolute Gasteiger partial charge is 0.407 e. The van der Waals surface area contributed by atoms with Crippen LogP contribution in [0.5, 0.6) is 5.88 Å². The molecule has 0 spiro atoms. The molecule has 10 nitrogen and oxygen atoms in total. The second kappa shape index (κ2) is 11.0. The molecule has 1 rings (SSSR count). The van der Waals surface area contributed by atoms with Crippen molar-refractivity contribution in [1.82, 2.24) is 15.8 Å². The Kier molecular flexibility index (Phi) is 9.38. The lowest BCUT2D eigenvalue weighted by molar-refractivity contribution is -0.141. The van der Waals surface area contributed by atoms with Gasteiger partial charge in [0.05, 0.1) is 6.04 Å². The van der Waals surface area contributed by atoms with Gasteiger partial charge in [-0.05, 0) is 52.6 Å². The van der Waals surface area contributed by atoms with Crippen LogP contribution in [-0.2, 0) is 14.3 Å². The predicted octanol–water partition coefficient (Wildman–Crippen LogP) is 1.63. The van der Waals surface area contributed by atoms with Crippen molar-refractivity contribution in [3.8, 4) is 5.88 Å². The van der Waals surface area contributed by atoms with Gasteiger partial charge in [-0.3, -0.25) is 4.79 Å². The number of aromatic nitrogens is 1. The van der Waals surface area contributed by atoms with Gasteiger partial charge in [-0.2, -0.15) is 0 Å². The average Bonchev–Trinajstić information content (AvgIpc) is 3.14. The Labute approximate surface area is 171 Å². The highest BCUT2D eigenvalue weighted by Crippen LogP contribution is 2.12. The van der Waals surface area contributed by atoms with Crippen molar-refractivity contribution in [3.05, 3.63) is 12.3 Å². The summed E-state index contributed by atoms with van der Waals surface area (Å²) < 4.78 is 20.4. The van der Waals surface area contributed by atoms with Crippen LogP contribution in [0.3, 0.4) is 0 Å². The van der Waals surface area contributed by atoms with Gasteiger partial charge < -0.3 is 34.5 Å². The minimum Gasteiger partial charge on any atom is -0.473 e. The van der Waals surface area contributed by atoms with E-state index in [-0.39, 0.29) is 18.4 Å². The van der Waals surface area contributed by atoms with Crippen molar-refractivity contribution in [2.45, 2.75) is 70.8 Å². The summed E-state index contributed by atoms with van der Waals surface area (Å²) in [6, 6.07) is 0.892. The van der Waals surface area contributed by atoms with E-state index < -0.39 is 29.4 Å². The number of amides is 2. The first-order valence-corrected chi connectivity index (χ1v) is 9.49. The molecule has 0 fully saturated rings.